The van der Waals surface area contributed by atoms with Gasteiger partial charge in [0.05, 0.1) is 0 Å². The number of hydrogen-bond acceptors (Lipinski definition) is 2. The monoisotopic (exact) mass is 265 g/mol. The third-order valence-corrected chi connectivity index (χ3v) is 2.99. The van der Waals surface area contributed by atoms with Crippen LogP contribution in [0.5, 0.6) is 0 Å². The summed E-state index contributed by atoms with van der Waals surface area (Å²) in [6, 6.07) is 7.52. The van der Waals surface area contributed by atoms with Crippen LogP contribution in [0.15, 0.2) is 24.3 Å². The van der Waals surface area contributed by atoms with Gasteiger partial charge in [-0.15, -0.1) is 0 Å². The summed E-state index contributed by atoms with van der Waals surface area (Å²) in [6.45, 7) is 3.55. The molecule has 0 fully saturated rings. The first kappa shape index (κ1) is 14.4. The Kier molecular flexibility index (Phi) is 5.58. The van der Waals surface area contributed by atoms with Crippen molar-refractivity contribution in [3.63, 3.8) is 0 Å². The molecule has 0 aliphatic carbocycles. The Labute approximate surface area is 113 Å². The first-order valence-electron chi connectivity index (χ1n) is 5.88. The summed E-state index contributed by atoms with van der Waals surface area (Å²) in [7, 11) is 3.57. The predicted molar refractivity (Wildman–Crippen MR) is 77.6 cm³/mol. The molecule has 0 atom stereocenters. The molecule has 5 heteroatoms. The van der Waals surface area contributed by atoms with Crippen molar-refractivity contribution in [3.05, 3.63) is 35.4 Å². The summed E-state index contributed by atoms with van der Waals surface area (Å²) in [6.07, 6.45) is 0. The van der Waals surface area contributed by atoms with Crippen molar-refractivity contribution < 1.29 is 4.79 Å². The van der Waals surface area contributed by atoms with Gasteiger partial charge in [0, 0.05) is 32.7 Å². The highest BCUT2D eigenvalue weighted by Gasteiger charge is 2.06. The Balaban J connectivity index is 2.63. The van der Waals surface area contributed by atoms with Crippen LogP contribution < -0.4 is 10.6 Å². The second-order valence-corrected chi connectivity index (χ2v) is 4.35. The van der Waals surface area contributed by atoms with Crippen LogP contribution >= 0.6 is 12.2 Å². The molecule has 0 spiro atoms. The van der Waals surface area contributed by atoms with Crippen molar-refractivity contribution in [2.75, 3.05) is 20.6 Å². The molecule has 4 nitrogen and oxygen atoms in total. The van der Waals surface area contributed by atoms with E-state index in [-0.39, 0.29) is 5.91 Å². The second kappa shape index (κ2) is 6.96. The molecule has 0 saturated heterocycles. The number of carbonyl (C=O) groups is 1. The van der Waals surface area contributed by atoms with Crippen molar-refractivity contribution in [2.24, 2.45) is 0 Å². The Morgan fingerprint density at radius 3 is 2.44 bits per heavy atom. The Hall–Kier alpha value is -1.62. The maximum absolute atomic E-state index is 11.4. The lowest BCUT2D eigenvalue weighted by atomic mass is 10.1. The molecule has 0 unspecified atom stereocenters. The lowest BCUT2D eigenvalue weighted by Crippen LogP contribution is -2.36. The molecule has 1 rings (SSSR count). The van der Waals surface area contributed by atoms with E-state index in [0.717, 1.165) is 23.8 Å². The van der Waals surface area contributed by atoms with E-state index in [1.54, 1.807) is 7.05 Å². The number of amides is 1. The maximum Gasteiger partial charge on any atom is 0.251 e. The van der Waals surface area contributed by atoms with Gasteiger partial charge in [0.1, 0.15) is 0 Å². The fourth-order valence-electron chi connectivity index (χ4n) is 1.54. The topological polar surface area (TPSA) is 44.4 Å². The lowest BCUT2D eigenvalue weighted by Gasteiger charge is -2.20. The van der Waals surface area contributed by atoms with E-state index < -0.39 is 0 Å². The molecule has 1 aromatic carbocycles. The summed E-state index contributed by atoms with van der Waals surface area (Å²) >= 11 is 5.21. The molecule has 0 saturated carbocycles. The summed E-state index contributed by atoms with van der Waals surface area (Å²) in [5, 5.41) is 6.42. The minimum absolute atomic E-state index is 0.0712. The lowest BCUT2D eigenvalue weighted by molar-refractivity contribution is 0.0963. The largest absolute Gasteiger partial charge is 0.363 e. The van der Waals surface area contributed by atoms with Gasteiger partial charge in [-0.3, -0.25) is 4.79 Å². The molecular formula is C13H19N3OS. The van der Waals surface area contributed by atoms with Gasteiger partial charge in [-0.1, -0.05) is 12.1 Å². The molecule has 98 valence electrons. The van der Waals surface area contributed by atoms with Crippen LogP contribution in [0.3, 0.4) is 0 Å². The van der Waals surface area contributed by atoms with E-state index in [9.17, 15) is 4.79 Å². The smallest absolute Gasteiger partial charge is 0.251 e. The fourth-order valence-corrected chi connectivity index (χ4v) is 1.75. The number of thiocarbonyl (C=S) groups is 1. The van der Waals surface area contributed by atoms with E-state index in [2.05, 4.69) is 10.6 Å². The fraction of sp³-hybridized carbons (Fsp3) is 0.385. The Bertz CT molecular complexity index is 417. The highest BCUT2D eigenvalue weighted by atomic mass is 32.1. The second-order valence-electron chi connectivity index (χ2n) is 3.97. The molecule has 2 N–H and O–H groups in total. The van der Waals surface area contributed by atoms with Crippen molar-refractivity contribution in [1.82, 2.24) is 15.5 Å². The summed E-state index contributed by atoms with van der Waals surface area (Å²) in [5.74, 6) is -0.0712. The van der Waals surface area contributed by atoms with Gasteiger partial charge in [-0.2, -0.15) is 0 Å². The van der Waals surface area contributed by atoms with Crippen molar-refractivity contribution in [2.45, 2.75) is 13.5 Å². The van der Waals surface area contributed by atoms with Crippen LogP contribution in [0.25, 0.3) is 0 Å². The van der Waals surface area contributed by atoms with Crippen molar-refractivity contribution >= 4 is 23.2 Å². The zero-order chi connectivity index (χ0) is 13.5. The van der Waals surface area contributed by atoms with E-state index in [4.69, 9.17) is 12.2 Å². The standard InChI is InChI=1S/C13H19N3OS/c1-4-15-13(18)16(3)9-10-5-7-11(8-6-10)12(17)14-2/h5-8H,4,9H2,1-3H3,(H,14,17)(H,15,18). The molecular weight excluding hydrogens is 246 g/mol. The van der Waals surface area contributed by atoms with Crippen LogP contribution in [0.2, 0.25) is 0 Å². The average Bonchev–Trinajstić information content (AvgIpc) is 2.39. The zero-order valence-electron chi connectivity index (χ0n) is 11.0. The van der Waals surface area contributed by atoms with Gasteiger partial charge in [0.15, 0.2) is 5.11 Å². The molecule has 18 heavy (non-hydrogen) atoms. The van der Waals surface area contributed by atoms with Gasteiger partial charge >= 0.3 is 0 Å². The minimum Gasteiger partial charge on any atom is -0.363 e. The third kappa shape index (κ3) is 4.00. The van der Waals surface area contributed by atoms with Crippen LogP contribution in [0.1, 0.15) is 22.8 Å². The van der Waals surface area contributed by atoms with E-state index in [1.165, 1.54) is 0 Å². The molecule has 1 amide bonds. The molecule has 1 aromatic rings. The highest BCUT2D eigenvalue weighted by molar-refractivity contribution is 7.80. The number of hydrogen-bond donors (Lipinski definition) is 2. The van der Waals surface area contributed by atoms with E-state index >= 15 is 0 Å². The average molecular weight is 265 g/mol. The maximum atomic E-state index is 11.4. The Morgan fingerprint density at radius 2 is 1.94 bits per heavy atom. The molecule has 0 radical (unpaired) electrons. The molecule has 0 aliphatic heterocycles. The van der Waals surface area contributed by atoms with E-state index in [1.807, 2.05) is 43.1 Å². The SMILES string of the molecule is CCNC(=S)N(C)Cc1ccc(C(=O)NC)cc1. The first-order valence-corrected chi connectivity index (χ1v) is 6.29. The summed E-state index contributed by atoms with van der Waals surface area (Å²) in [5.41, 5.74) is 1.78. The van der Waals surface area contributed by atoms with Crippen LogP contribution in [0.4, 0.5) is 0 Å². The molecule has 0 heterocycles. The van der Waals surface area contributed by atoms with Crippen molar-refractivity contribution in [1.29, 1.82) is 0 Å². The minimum atomic E-state index is -0.0712. The summed E-state index contributed by atoms with van der Waals surface area (Å²) < 4.78 is 0. The van der Waals surface area contributed by atoms with Gasteiger partial charge in [-0.05, 0) is 36.8 Å². The van der Waals surface area contributed by atoms with Gasteiger partial charge in [-0.25, -0.2) is 0 Å². The predicted octanol–water partition coefficient (Wildman–Crippen LogP) is 1.37. The number of benzene rings is 1. The van der Waals surface area contributed by atoms with Gasteiger partial charge in [0.25, 0.3) is 5.91 Å². The normalized spacial score (nSPS) is 9.72. The number of rotatable bonds is 4. The number of nitrogens with zero attached hydrogens (tertiary/aromatic N) is 1. The quantitative estimate of drug-likeness (QED) is 0.807. The van der Waals surface area contributed by atoms with Crippen LogP contribution in [-0.4, -0.2) is 36.6 Å². The van der Waals surface area contributed by atoms with Crippen molar-refractivity contribution in [3.8, 4) is 0 Å². The molecule has 0 bridgehead atoms. The third-order valence-electron chi connectivity index (χ3n) is 2.54. The number of carbonyl (C=O) groups excluding carboxylic acids is 1. The number of nitrogens with one attached hydrogen (secondary N) is 2. The van der Waals surface area contributed by atoms with Crippen LogP contribution in [0, 0.1) is 0 Å². The molecule has 0 aliphatic rings. The highest BCUT2D eigenvalue weighted by Crippen LogP contribution is 2.07. The van der Waals surface area contributed by atoms with Gasteiger partial charge < -0.3 is 15.5 Å². The van der Waals surface area contributed by atoms with E-state index in [0.29, 0.717) is 5.56 Å². The zero-order valence-corrected chi connectivity index (χ0v) is 11.8. The molecule has 0 aromatic heterocycles. The van der Waals surface area contributed by atoms with Crippen LogP contribution in [-0.2, 0) is 6.54 Å². The summed E-state index contributed by atoms with van der Waals surface area (Å²) in [4.78, 5) is 13.4. The van der Waals surface area contributed by atoms with Gasteiger partial charge in [0.2, 0.25) is 0 Å². The first-order chi connectivity index (χ1) is 8.58. The Morgan fingerprint density at radius 1 is 1.33 bits per heavy atom.